The van der Waals surface area contributed by atoms with Crippen molar-refractivity contribution in [3.05, 3.63) is 88.9 Å². The van der Waals surface area contributed by atoms with Gasteiger partial charge in [-0.1, -0.05) is 12.1 Å². The highest BCUT2D eigenvalue weighted by atomic mass is 19.1. The third-order valence-electron chi connectivity index (χ3n) is 4.33. The van der Waals surface area contributed by atoms with Crippen molar-refractivity contribution in [3.63, 3.8) is 0 Å². The summed E-state index contributed by atoms with van der Waals surface area (Å²) >= 11 is 0. The van der Waals surface area contributed by atoms with Gasteiger partial charge < -0.3 is 5.32 Å². The van der Waals surface area contributed by atoms with Gasteiger partial charge in [-0.25, -0.2) is 13.2 Å². The van der Waals surface area contributed by atoms with Crippen molar-refractivity contribution in [2.24, 2.45) is 0 Å². The van der Waals surface area contributed by atoms with Crippen LogP contribution in [0, 0.1) is 17.5 Å². The SMILES string of the molecule is Fc1cc2c(cc1-c1cccnn1)CNCC=C2c1c(F)cccc1F. The first-order chi connectivity index (χ1) is 12.6. The molecule has 0 unspecified atom stereocenters. The number of halogens is 3. The summed E-state index contributed by atoms with van der Waals surface area (Å²) in [5.74, 6) is -1.88. The fourth-order valence-electron chi connectivity index (χ4n) is 3.14. The molecule has 0 amide bonds. The molecule has 0 fully saturated rings. The van der Waals surface area contributed by atoms with Crippen molar-refractivity contribution < 1.29 is 13.2 Å². The number of aromatic nitrogens is 2. The van der Waals surface area contributed by atoms with Gasteiger partial charge in [-0.2, -0.15) is 10.2 Å². The van der Waals surface area contributed by atoms with Crippen LogP contribution < -0.4 is 5.32 Å². The minimum atomic E-state index is -0.678. The van der Waals surface area contributed by atoms with Gasteiger partial charge in [0.05, 0.1) is 11.3 Å². The maximum absolute atomic E-state index is 14.8. The van der Waals surface area contributed by atoms with Gasteiger partial charge in [0.25, 0.3) is 0 Å². The van der Waals surface area contributed by atoms with Crippen molar-refractivity contribution in [1.29, 1.82) is 0 Å². The molecule has 1 aliphatic heterocycles. The lowest BCUT2D eigenvalue weighted by Gasteiger charge is -2.15. The van der Waals surface area contributed by atoms with E-state index in [-0.39, 0.29) is 5.56 Å². The van der Waals surface area contributed by atoms with Crippen molar-refractivity contribution >= 4 is 5.57 Å². The van der Waals surface area contributed by atoms with E-state index in [2.05, 4.69) is 15.5 Å². The van der Waals surface area contributed by atoms with Gasteiger partial charge >= 0.3 is 0 Å². The number of benzene rings is 2. The Hall–Kier alpha value is -2.99. The van der Waals surface area contributed by atoms with Crippen LogP contribution in [-0.2, 0) is 6.54 Å². The molecular formula is C20H14F3N3. The van der Waals surface area contributed by atoms with E-state index < -0.39 is 17.5 Å². The maximum Gasteiger partial charge on any atom is 0.133 e. The molecule has 4 rings (SSSR count). The molecular weight excluding hydrogens is 339 g/mol. The van der Waals surface area contributed by atoms with Crippen LogP contribution in [0.4, 0.5) is 13.2 Å². The Bertz CT molecular complexity index is 980. The number of hydrogen-bond acceptors (Lipinski definition) is 3. The third kappa shape index (κ3) is 2.88. The molecule has 0 bridgehead atoms. The Morgan fingerprint density at radius 1 is 0.885 bits per heavy atom. The number of rotatable bonds is 2. The van der Waals surface area contributed by atoms with Crippen LogP contribution >= 0.6 is 0 Å². The van der Waals surface area contributed by atoms with Gasteiger partial charge in [0.1, 0.15) is 17.5 Å². The largest absolute Gasteiger partial charge is 0.309 e. The summed E-state index contributed by atoms with van der Waals surface area (Å²) in [6.45, 7) is 0.860. The average molecular weight is 353 g/mol. The van der Waals surface area contributed by atoms with E-state index in [4.69, 9.17) is 0 Å². The molecule has 2 aromatic carbocycles. The summed E-state index contributed by atoms with van der Waals surface area (Å²) in [5, 5.41) is 10.9. The highest BCUT2D eigenvalue weighted by Crippen LogP contribution is 2.34. The molecule has 3 nitrogen and oxygen atoms in total. The summed E-state index contributed by atoms with van der Waals surface area (Å²) in [5.41, 5.74) is 2.09. The minimum Gasteiger partial charge on any atom is -0.309 e. The van der Waals surface area contributed by atoms with E-state index in [0.717, 1.165) is 5.56 Å². The Balaban J connectivity index is 1.91. The Labute approximate surface area is 148 Å². The van der Waals surface area contributed by atoms with E-state index in [1.165, 1.54) is 30.5 Å². The van der Waals surface area contributed by atoms with Gasteiger partial charge in [0.15, 0.2) is 0 Å². The second kappa shape index (κ2) is 6.72. The van der Waals surface area contributed by atoms with Crippen LogP contribution in [-0.4, -0.2) is 16.7 Å². The summed E-state index contributed by atoms with van der Waals surface area (Å²) in [7, 11) is 0. The van der Waals surface area contributed by atoms with E-state index >= 15 is 0 Å². The van der Waals surface area contributed by atoms with Gasteiger partial charge in [-0.15, -0.1) is 0 Å². The predicted molar refractivity (Wildman–Crippen MR) is 92.6 cm³/mol. The molecule has 0 radical (unpaired) electrons. The van der Waals surface area contributed by atoms with Crippen molar-refractivity contribution in [2.45, 2.75) is 6.54 Å². The Morgan fingerprint density at radius 2 is 1.69 bits per heavy atom. The van der Waals surface area contributed by atoms with E-state index in [9.17, 15) is 13.2 Å². The summed E-state index contributed by atoms with van der Waals surface area (Å²) in [4.78, 5) is 0. The summed E-state index contributed by atoms with van der Waals surface area (Å²) in [6.07, 6.45) is 3.18. The average Bonchev–Trinajstić information content (AvgIpc) is 2.84. The molecule has 0 aliphatic carbocycles. The Morgan fingerprint density at radius 3 is 2.42 bits per heavy atom. The highest BCUT2D eigenvalue weighted by Gasteiger charge is 2.22. The van der Waals surface area contributed by atoms with Crippen LogP contribution in [0.5, 0.6) is 0 Å². The molecule has 0 spiro atoms. The molecule has 26 heavy (non-hydrogen) atoms. The van der Waals surface area contributed by atoms with Gasteiger partial charge in [0.2, 0.25) is 0 Å². The van der Waals surface area contributed by atoms with Crippen molar-refractivity contribution in [3.8, 4) is 11.3 Å². The lowest BCUT2D eigenvalue weighted by molar-refractivity contribution is 0.577. The van der Waals surface area contributed by atoms with Crippen molar-refractivity contribution in [1.82, 2.24) is 15.5 Å². The fraction of sp³-hybridized carbons (Fsp3) is 0.100. The Kier molecular flexibility index (Phi) is 4.26. The lowest BCUT2D eigenvalue weighted by Crippen LogP contribution is -2.11. The second-order valence-electron chi connectivity index (χ2n) is 5.94. The third-order valence-corrected chi connectivity index (χ3v) is 4.33. The molecule has 6 heteroatoms. The van der Waals surface area contributed by atoms with Gasteiger partial charge in [-0.05, 0) is 53.1 Å². The smallest absolute Gasteiger partial charge is 0.133 e. The minimum absolute atomic E-state index is 0.149. The molecule has 130 valence electrons. The normalized spacial score (nSPS) is 13.7. The van der Waals surface area contributed by atoms with Gasteiger partial charge in [-0.3, -0.25) is 0 Å². The van der Waals surface area contributed by atoms with Crippen LogP contribution in [0.1, 0.15) is 16.7 Å². The zero-order valence-corrected chi connectivity index (χ0v) is 13.6. The lowest BCUT2D eigenvalue weighted by atomic mass is 9.91. The topological polar surface area (TPSA) is 37.8 Å². The standard InChI is InChI=1S/C20H14F3N3/c21-16-3-1-4-17(22)20(16)13-6-8-24-11-12-9-15(18(23)10-14(12)13)19-5-2-7-25-26-19/h1-7,9-10,24H,8,11H2. The summed E-state index contributed by atoms with van der Waals surface area (Å²) < 4.78 is 43.4. The van der Waals surface area contributed by atoms with E-state index in [1.54, 1.807) is 24.3 Å². The van der Waals surface area contributed by atoms with Gasteiger partial charge in [0, 0.05) is 24.8 Å². The number of fused-ring (bicyclic) bond motifs is 1. The van der Waals surface area contributed by atoms with Crippen molar-refractivity contribution in [2.75, 3.05) is 6.54 Å². The maximum atomic E-state index is 14.8. The highest BCUT2D eigenvalue weighted by molar-refractivity contribution is 5.84. The number of nitrogens with zero attached hydrogens (tertiary/aromatic N) is 2. The van der Waals surface area contributed by atoms with Crippen LogP contribution in [0.2, 0.25) is 0 Å². The first kappa shape index (κ1) is 16.5. The van der Waals surface area contributed by atoms with E-state index in [0.29, 0.717) is 35.5 Å². The number of hydrogen-bond donors (Lipinski definition) is 1. The molecule has 2 heterocycles. The molecule has 0 atom stereocenters. The van der Waals surface area contributed by atoms with E-state index in [1.807, 2.05) is 0 Å². The predicted octanol–water partition coefficient (Wildman–Crippen LogP) is 4.10. The first-order valence-electron chi connectivity index (χ1n) is 8.11. The zero-order chi connectivity index (χ0) is 18.1. The molecule has 1 aliphatic rings. The second-order valence-corrected chi connectivity index (χ2v) is 5.94. The molecule has 3 aromatic rings. The monoisotopic (exact) mass is 353 g/mol. The molecule has 0 saturated heterocycles. The first-order valence-corrected chi connectivity index (χ1v) is 8.11. The molecule has 1 aromatic heterocycles. The van der Waals surface area contributed by atoms with Crippen LogP contribution in [0.15, 0.2) is 54.7 Å². The molecule has 1 N–H and O–H groups in total. The summed E-state index contributed by atoms with van der Waals surface area (Å²) in [6, 6.07) is 10.00. The number of nitrogens with one attached hydrogen (secondary N) is 1. The quantitative estimate of drug-likeness (QED) is 0.754. The van der Waals surface area contributed by atoms with Crippen LogP contribution in [0.25, 0.3) is 16.8 Å². The fourth-order valence-corrected chi connectivity index (χ4v) is 3.14. The molecule has 0 saturated carbocycles. The van der Waals surface area contributed by atoms with Crippen LogP contribution in [0.3, 0.4) is 0 Å². The zero-order valence-electron chi connectivity index (χ0n) is 13.6.